The van der Waals surface area contributed by atoms with Gasteiger partial charge in [0.2, 0.25) is 0 Å². The summed E-state index contributed by atoms with van der Waals surface area (Å²) in [5, 5.41) is 13.2. The maximum Gasteiger partial charge on any atom is 0.261 e. The number of rotatable bonds is 10. The van der Waals surface area contributed by atoms with Crippen LogP contribution in [0, 0.1) is 12.3 Å². The van der Waals surface area contributed by atoms with Crippen LogP contribution in [0.15, 0.2) is 78.4 Å². The van der Waals surface area contributed by atoms with Gasteiger partial charge in [0.05, 0.1) is 18.7 Å². The number of terminal acetylenes is 1. The van der Waals surface area contributed by atoms with Crippen molar-refractivity contribution in [2.45, 2.75) is 72.1 Å². The number of phenols is 1. The minimum absolute atomic E-state index is 0.0350. The van der Waals surface area contributed by atoms with Crippen LogP contribution in [0.25, 0.3) is 0 Å². The Hall–Kier alpha value is -3.79. The molecule has 0 bridgehead atoms. The van der Waals surface area contributed by atoms with Crippen LogP contribution in [-0.2, 0) is 17.4 Å². The Morgan fingerprint density at radius 3 is 2.10 bits per heavy atom. The van der Waals surface area contributed by atoms with Gasteiger partial charge in [-0.25, -0.2) is 0 Å². The van der Waals surface area contributed by atoms with Gasteiger partial charge < -0.3 is 19.2 Å². The van der Waals surface area contributed by atoms with Crippen molar-refractivity contribution in [1.82, 2.24) is 4.90 Å². The lowest BCUT2D eigenvalue weighted by Gasteiger charge is -2.43. The quantitative estimate of drug-likeness (QED) is 0.175. The highest BCUT2D eigenvalue weighted by atomic mass is 28.4. The molecule has 0 saturated heterocycles. The standard InChI is InChI=1S/C36H43NO4Si/c1-9-36(7,8)41-33-29(21-20-26(2)3)32(38)24-30-31(33)25-37(34(30)39)22-23-40-42(35(4,5)6,27-16-12-10-13-17-27)28-18-14-11-15-19-28/h1,10-20,24,38H,21-23,25H2,2-8H3. The number of nitrogens with zero attached hydrogens (tertiary/aromatic N) is 1. The normalized spacial score (nSPS) is 13.5. The molecule has 0 spiro atoms. The first-order chi connectivity index (χ1) is 19.8. The maximum absolute atomic E-state index is 13.7. The second-order valence-electron chi connectivity index (χ2n) is 12.7. The molecule has 1 aliphatic heterocycles. The molecule has 1 heterocycles. The first-order valence-electron chi connectivity index (χ1n) is 14.5. The second kappa shape index (κ2) is 12.2. The number of aromatic hydroxyl groups is 1. The summed E-state index contributed by atoms with van der Waals surface area (Å²) >= 11 is 0. The van der Waals surface area contributed by atoms with Crippen molar-refractivity contribution in [2.24, 2.45) is 0 Å². The van der Waals surface area contributed by atoms with Gasteiger partial charge in [-0.3, -0.25) is 4.79 Å². The molecule has 1 aliphatic rings. The predicted octanol–water partition coefficient (Wildman–Crippen LogP) is 6.22. The minimum atomic E-state index is -2.74. The van der Waals surface area contributed by atoms with E-state index in [2.05, 4.69) is 75.2 Å². The molecule has 3 aromatic rings. The van der Waals surface area contributed by atoms with E-state index in [-0.39, 0.29) is 16.7 Å². The molecule has 3 aromatic carbocycles. The van der Waals surface area contributed by atoms with Crippen molar-refractivity contribution in [3.8, 4) is 23.8 Å². The van der Waals surface area contributed by atoms with E-state index in [1.807, 2.05) is 32.1 Å². The highest BCUT2D eigenvalue weighted by Gasteiger charge is 2.50. The monoisotopic (exact) mass is 581 g/mol. The van der Waals surface area contributed by atoms with Crippen LogP contribution in [0.1, 0.15) is 70.0 Å². The predicted molar refractivity (Wildman–Crippen MR) is 173 cm³/mol. The van der Waals surface area contributed by atoms with Crippen LogP contribution in [-0.4, -0.2) is 43.0 Å². The molecule has 0 aromatic heterocycles. The lowest BCUT2D eigenvalue weighted by Crippen LogP contribution is -2.67. The zero-order valence-corrected chi connectivity index (χ0v) is 27.0. The number of amides is 1. The maximum atomic E-state index is 13.7. The Kier molecular flexibility index (Phi) is 9.05. The Bertz CT molecular complexity index is 1450. The van der Waals surface area contributed by atoms with Gasteiger partial charge in [-0.05, 0) is 55.6 Å². The van der Waals surface area contributed by atoms with E-state index in [0.717, 1.165) is 11.1 Å². The van der Waals surface area contributed by atoms with Crippen molar-refractivity contribution in [2.75, 3.05) is 13.2 Å². The molecule has 6 heteroatoms. The lowest BCUT2D eigenvalue weighted by atomic mass is 9.99. The van der Waals surface area contributed by atoms with Gasteiger partial charge in [0.1, 0.15) is 11.5 Å². The smallest absolute Gasteiger partial charge is 0.261 e. The number of allylic oxidation sites excluding steroid dienone is 2. The molecule has 0 unspecified atom stereocenters. The minimum Gasteiger partial charge on any atom is -0.507 e. The number of phenolic OH excluding ortho intramolecular Hbond substituents is 1. The fourth-order valence-corrected chi connectivity index (χ4v) is 10.2. The zero-order valence-electron chi connectivity index (χ0n) is 26.0. The molecule has 0 fully saturated rings. The van der Waals surface area contributed by atoms with Gasteiger partial charge in [0.15, 0.2) is 5.60 Å². The first kappa shape index (κ1) is 31.1. The molecule has 42 heavy (non-hydrogen) atoms. The Morgan fingerprint density at radius 1 is 1.02 bits per heavy atom. The average Bonchev–Trinajstić information content (AvgIpc) is 3.25. The topological polar surface area (TPSA) is 59.0 Å². The zero-order chi connectivity index (χ0) is 30.7. The van der Waals surface area contributed by atoms with Crippen LogP contribution >= 0.6 is 0 Å². The van der Waals surface area contributed by atoms with Crippen LogP contribution in [0.3, 0.4) is 0 Å². The largest absolute Gasteiger partial charge is 0.507 e. The molecule has 1 amide bonds. The molecule has 0 radical (unpaired) electrons. The summed E-state index contributed by atoms with van der Waals surface area (Å²) in [5.41, 5.74) is 2.04. The Labute approximate surface area is 252 Å². The summed E-state index contributed by atoms with van der Waals surface area (Å²) in [4.78, 5) is 15.4. The van der Waals surface area contributed by atoms with Gasteiger partial charge >= 0.3 is 0 Å². The second-order valence-corrected chi connectivity index (χ2v) is 17.0. The van der Waals surface area contributed by atoms with Crippen LogP contribution in [0.4, 0.5) is 0 Å². The van der Waals surface area contributed by atoms with E-state index >= 15 is 0 Å². The highest BCUT2D eigenvalue weighted by molar-refractivity contribution is 6.99. The van der Waals surface area contributed by atoms with Crippen molar-refractivity contribution in [1.29, 1.82) is 0 Å². The SMILES string of the molecule is C#CC(C)(C)Oc1c(CC=C(C)C)c(O)cc2c1CN(CCO[Si](c1ccccc1)(c1ccccc1)C(C)(C)C)C2=O. The van der Waals surface area contributed by atoms with E-state index in [9.17, 15) is 9.90 Å². The van der Waals surface area contributed by atoms with Crippen LogP contribution in [0.5, 0.6) is 11.5 Å². The summed E-state index contributed by atoms with van der Waals surface area (Å²) < 4.78 is 13.4. The molecule has 0 aliphatic carbocycles. The number of hydrogen-bond donors (Lipinski definition) is 1. The van der Waals surface area contributed by atoms with Crippen LogP contribution in [0.2, 0.25) is 5.04 Å². The molecule has 4 rings (SSSR count). The molecule has 220 valence electrons. The van der Waals surface area contributed by atoms with Gasteiger partial charge in [-0.2, -0.15) is 0 Å². The molecule has 0 saturated carbocycles. The van der Waals surface area contributed by atoms with Crippen molar-refractivity contribution >= 4 is 24.6 Å². The molecule has 0 atom stereocenters. The fourth-order valence-electron chi connectivity index (χ4n) is 5.67. The van der Waals surface area contributed by atoms with Gasteiger partial charge in [-0.1, -0.05) is 99.0 Å². The van der Waals surface area contributed by atoms with Crippen molar-refractivity contribution in [3.63, 3.8) is 0 Å². The third kappa shape index (κ3) is 6.18. The lowest BCUT2D eigenvalue weighted by molar-refractivity contribution is 0.0750. The summed E-state index contributed by atoms with van der Waals surface area (Å²) in [6, 6.07) is 22.5. The van der Waals surface area contributed by atoms with Crippen molar-refractivity contribution in [3.05, 3.63) is 95.1 Å². The van der Waals surface area contributed by atoms with E-state index in [4.69, 9.17) is 15.6 Å². The average molecular weight is 582 g/mol. The Balaban J connectivity index is 1.67. The number of carbonyl (C=O) groups is 1. The fraction of sp³-hybridized carbons (Fsp3) is 0.361. The molecule has 5 nitrogen and oxygen atoms in total. The summed E-state index contributed by atoms with van der Waals surface area (Å²) in [5.74, 6) is 3.06. The number of carbonyl (C=O) groups excluding carboxylic acids is 1. The number of fused-ring (bicyclic) bond motifs is 1. The first-order valence-corrected chi connectivity index (χ1v) is 16.4. The third-order valence-electron chi connectivity index (χ3n) is 7.85. The summed E-state index contributed by atoms with van der Waals surface area (Å²) in [6.45, 7) is 15.5. The molecular formula is C36H43NO4Si. The third-order valence-corrected chi connectivity index (χ3v) is 12.9. The van der Waals surface area contributed by atoms with E-state index in [1.165, 1.54) is 10.4 Å². The number of hydrogen-bond acceptors (Lipinski definition) is 4. The van der Waals surface area contributed by atoms with Crippen molar-refractivity contribution < 1.29 is 19.1 Å². The highest BCUT2D eigenvalue weighted by Crippen LogP contribution is 2.42. The number of benzene rings is 3. The van der Waals surface area contributed by atoms with E-state index in [0.29, 0.717) is 43.0 Å². The molecule has 1 N–H and O–H groups in total. The van der Waals surface area contributed by atoms with Gasteiger partial charge in [0, 0.05) is 17.7 Å². The summed E-state index contributed by atoms with van der Waals surface area (Å²) in [7, 11) is -2.74. The van der Waals surface area contributed by atoms with E-state index < -0.39 is 13.9 Å². The Morgan fingerprint density at radius 2 is 1.60 bits per heavy atom. The summed E-state index contributed by atoms with van der Waals surface area (Å²) in [6.07, 6.45) is 8.27. The molecular weight excluding hydrogens is 538 g/mol. The van der Waals surface area contributed by atoms with Crippen LogP contribution < -0.4 is 15.1 Å². The van der Waals surface area contributed by atoms with Gasteiger partial charge in [0.25, 0.3) is 14.2 Å². The number of ether oxygens (including phenoxy) is 1. The van der Waals surface area contributed by atoms with Gasteiger partial charge in [-0.15, -0.1) is 6.42 Å². The van der Waals surface area contributed by atoms with E-state index in [1.54, 1.807) is 24.8 Å².